The second-order valence-electron chi connectivity index (χ2n) is 7.26. The molecule has 3 rings (SSSR count). The lowest BCUT2D eigenvalue weighted by Gasteiger charge is -2.20. The van der Waals surface area contributed by atoms with Crippen LogP contribution in [0.2, 0.25) is 5.15 Å². The molecule has 0 aliphatic rings. The molecule has 0 aliphatic heterocycles. The first kappa shape index (κ1) is 19.9. The number of carbonyl (C=O) groups is 1. The monoisotopic (exact) mass is 405 g/mol. The maximum Gasteiger partial charge on any atom is 0.412 e. The van der Waals surface area contributed by atoms with E-state index in [1.807, 2.05) is 0 Å². The Morgan fingerprint density at radius 1 is 1.11 bits per heavy atom. The van der Waals surface area contributed by atoms with Crippen molar-refractivity contribution < 1.29 is 18.3 Å². The molecule has 0 spiro atoms. The van der Waals surface area contributed by atoms with Crippen molar-refractivity contribution in [1.29, 1.82) is 0 Å². The number of halogens is 3. The molecule has 3 aromatic rings. The molecular weight excluding hydrogens is 388 g/mol. The molecule has 5 nitrogen and oxygen atoms in total. The zero-order valence-electron chi connectivity index (χ0n) is 15.7. The van der Waals surface area contributed by atoms with Crippen LogP contribution in [0.3, 0.4) is 0 Å². The molecule has 0 aliphatic carbocycles. The third-order valence-electron chi connectivity index (χ3n) is 3.84. The van der Waals surface area contributed by atoms with Crippen molar-refractivity contribution in [2.45, 2.75) is 33.3 Å². The van der Waals surface area contributed by atoms with Gasteiger partial charge in [0.2, 0.25) is 0 Å². The maximum absolute atomic E-state index is 14.5. The van der Waals surface area contributed by atoms with Crippen LogP contribution in [0, 0.1) is 18.6 Å². The number of nitrogens with one attached hydrogen (secondary N) is 1. The lowest BCUT2D eigenvalue weighted by Crippen LogP contribution is -2.27. The van der Waals surface area contributed by atoms with Gasteiger partial charge in [-0.1, -0.05) is 11.6 Å². The predicted octanol–water partition coefficient (Wildman–Crippen LogP) is 5.88. The zero-order valence-corrected chi connectivity index (χ0v) is 16.5. The van der Waals surface area contributed by atoms with Crippen LogP contribution in [0.25, 0.3) is 22.0 Å². The van der Waals surface area contributed by atoms with Crippen molar-refractivity contribution in [3.63, 3.8) is 0 Å². The van der Waals surface area contributed by atoms with Gasteiger partial charge in [-0.3, -0.25) is 10.3 Å². The van der Waals surface area contributed by atoms with Gasteiger partial charge in [0.1, 0.15) is 22.4 Å². The van der Waals surface area contributed by atoms with Gasteiger partial charge in [-0.05, 0) is 39.8 Å². The van der Waals surface area contributed by atoms with Gasteiger partial charge < -0.3 is 4.74 Å². The van der Waals surface area contributed by atoms with Gasteiger partial charge in [0.25, 0.3) is 0 Å². The number of carbonyl (C=O) groups excluding carboxylic acids is 1. The minimum absolute atomic E-state index is 0.0920. The Labute approximate surface area is 165 Å². The van der Waals surface area contributed by atoms with Gasteiger partial charge in [-0.2, -0.15) is 0 Å². The molecule has 0 saturated heterocycles. The summed E-state index contributed by atoms with van der Waals surface area (Å²) in [6, 6.07) is 5.22. The summed E-state index contributed by atoms with van der Waals surface area (Å²) < 4.78 is 33.8. The number of amides is 1. The Morgan fingerprint density at radius 2 is 1.82 bits per heavy atom. The number of anilines is 1. The minimum Gasteiger partial charge on any atom is -0.444 e. The lowest BCUT2D eigenvalue weighted by atomic mass is 10.0. The molecule has 2 heterocycles. The molecule has 0 atom stereocenters. The van der Waals surface area contributed by atoms with Crippen LogP contribution in [-0.4, -0.2) is 21.7 Å². The summed E-state index contributed by atoms with van der Waals surface area (Å²) in [7, 11) is 0. The van der Waals surface area contributed by atoms with E-state index >= 15 is 0 Å². The van der Waals surface area contributed by atoms with Crippen molar-refractivity contribution >= 4 is 34.3 Å². The van der Waals surface area contributed by atoms with Gasteiger partial charge >= 0.3 is 6.09 Å². The Bertz CT molecular complexity index is 1080. The largest absolute Gasteiger partial charge is 0.444 e. The fourth-order valence-corrected chi connectivity index (χ4v) is 2.83. The molecule has 2 aromatic heterocycles. The fraction of sp³-hybridized carbons (Fsp3) is 0.250. The normalized spacial score (nSPS) is 11.5. The Hall–Kier alpha value is -2.80. The summed E-state index contributed by atoms with van der Waals surface area (Å²) in [6.07, 6.45) is 0.686. The molecule has 28 heavy (non-hydrogen) atoms. The Kier molecular flexibility index (Phi) is 5.21. The number of ether oxygens (including phenoxy) is 1. The van der Waals surface area contributed by atoms with E-state index in [1.165, 1.54) is 12.3 Å². The van der Waals surface area contributed by atoms with Crippen LogP contribution in [0.15, 0.2) is 30.5 Å². The molecule has 0 bridgehead atoms. The first-order valence-electron chi connectivity index (χ1n) is 8.46. The van der Waals surface area contributed by atoms with Crippen molar-refractivity contribution in [2.24, 2.45) is 0 Å². The smallest absolute Gasteiger partial charge is 0.412 e. The molecular formula is C20H18ClF2N3O2. The van der Waals surface area contributed by atoms with Crippen molar-refractivity contribution in [3.05, 3.63) is 52.9 Å². The number of fused-ring (bicyclic) bond motifs is 1. The van der Waals surface area contributed by atoms with Gasteiger partial charge in [0.05, 0.1) is 11.2 Å². The van der Waals surface area contributed by atoms with Crippen molar-refractivity contribution in [2.75, 3.05) is 5.32 Å². The minimum atomic E-state index is -0.910. The fourth-order valence-electron chi connectivity index (χ4n) is 2.68. The first-order valence-corrected chi connectivity index (χ1v) is 8.83. The predicted molar refractivity (Wildman–Crippen MR) is 104 cm³/mol. The second kappa shape index (κ2) is 7.31. The van der Waals surface area contributed by atoms with E-state index in [0.717, 1.165) is 0 Å². The van der Waals surface area contributed by atoms with Gasteiger partial charge in [0.15, 0.2) is 0 Å². The van der Waals surface area contributed by atoms with Crippen LogP contribution in [-0.2, 0) is 4.74 Å². The molecule has 0 fully saturated rings. The highest BCUT2D eigenvalue weighted by molar-refractivity contribution is 6.30. The van der Waals surface area contributed by atoms with Crippen LogP contribution >= 0.6 is 11.6 Å². The second-order valence-corrected chi connectivity index (χ2v) is 7.65. The average Bonchev–Trinajstić information content (AvgIpc) is 2.55. The number of nitrogens with zero attached hydrogens (tertiary/aromatic N) is 2. The maximum atomic E-state index is 14.5. The molecule has 0 radical (unpaired) electrons. The highest BCUT2D eigenvalue weighted by Gasteiger charge is 2.20. The van der Waals surface area contributed by atoms with Gasteiger partial charge in [0, 0.05) is 40.5 Å². The SMILES string of the molecule is Cc1nc2cc(Cl)ncc2cc1-c1cc(NC(=O)OC(C)(C)C)c(F)cc1F. The van der Waals surface area contributed by atoms with Crippen LogP contribution in [0.1, 0.15) is 26.5 Å². The third kappa shape index (κ3) is 4.36. The summed E-state index contributed by atoms with van der Waals surface area (Å²) in [5.74, 6) is -1.69. The number of aryl methyl sites for hydroxylation is 1. The molecule has 0 unspecified atom stereocenters. The van der Waals surface area contributed by atoms with E-state index in [4.69, 9.17) is 16.3 Å². The zero-order chi connectivity index (χ0) is 20.6. The molecule has 0 saturated carbocycles. The van der Waals surface area contributed by atoms with E-state index in [-0.39, 0.29) is 11.3 Å². The van der Waals surface area contributed by atoms with Gasteiger partial charge in [-0.25, -0.2) is 18.6 Å². The Morgan fingerprint density at radius 3 is 2.50 bits per heavy atom. The topological polar surface area (TPSA) is 64.1 Å². The average molecular weight is 406 g/mol. The van der Waals surface area contributed by atoms with Crippen LogP contribution < -0.4 is 5.32 Å². The number of hydrogen-bond donors (Lipinski definition) is 1. The quantitative estimate of drug-likeness (QED) is 0.540. The summed E-state index contributed by atoms with van der Waals surface area (Å²) in [5.41, 5.74) is 0.714. The third-order valence-corrected chi connectivity index (χ3v) is 4.05. The lowest BCUT2D eigenvalue weighted by molar-refractivity contribution is 0.0635. The van der Waals surface area contributed by atoms with E-state index < -0.39 is 23.3 Å². The van der Waals surface area contributed by atoms with Gasteiger partial charge in [-0.15, -0.1) is 0 Å². The highest BCUT2D eigenvalue weighted by Crippen LogP contribution is 2.32. The first-order chi connectivity index (χ1) is 13.0. The van der Waals surface area contributed by atoms with Crippen LogP contribution in [0.4, 0.5) is 19.3 Å². The summed E-state index contributed by atoms with van der Waals surface area (Å²) in [6.45, 7) is 6.75. The number of rotatable bonds is 2. The van der Waals surface area contributed by atoms with E-state index in [2.05, 4.69) is 15.3 Å². The molecule has 1 N–H and O–H groups in total. The summed E-state index contributed by atoms with van der Waals surface area (Å²) >= 11 is 5.88. The van der Waals surface area contributed by atoms with Crippen LogP contribution in [0.5, 0.6) is 0 Å². The summed E-state index contributed by atoms with van der Waals surface area (Å²) in [5, 5.41) is 3.26. The number of aromatic nitrogens is 2. The molecule has 146 valence electrons. The highest BCUT2D eigenvalue weighted by atomic mass is 35.5. The number of hydrogen-bond acceptors (Lipinski definition) is 4. The molecule has 1 aromatic carbocycles. The van der Waals surface area contributed by atoms with Crippen molar-refractivity contribution in [1.82, 2.24) is 9.97 Å². The number of pyridine rings is 2. The number of benzene rings is 1. The van der Waals surface area contributed by atoms with E-state index in [1.54, 1.807) is 39.8 Å². The Balaban J connectivity index is 2.05. The van der Waals surface area contributed by atoms with E-state index in [0.29, 0.717) is 33.4 Å². The standard InChI is InChI=1S/C20H18ClF2N3O2/c1-10-12(5-11-9-24-18(21)8-16(11)25-10)13-6-17(15(23)7-14(13)22)26-19(27)28-20(2,3)4/h5-9H,1-4H3,(H,26,27). The van der Waals surface area contributed by atoms with E-state index in [9.17, 15) is 13.6 Å². The molecule has 8 heteroatoms. The molecule has 1 amide bonds. The summed E-state index contributed by atoms with van der Waals surface area (Å²) in [4.78, 5) is 20.4. The van der Waals surface area contributed by atoms with Crippen molar-refractivity contribution in [3.8, 4) is 11.1 Å².